The predicted octanol–water partition coefficient (Wildman–Crippen LogP) is 3.19. The van der Waals surface area contributed by atoms with Crippen LogP contribution in [0.1, 0.15) is 30.9 Å². The molecule has 1 fully saturated rings. The summed E-state index contributed by atoms with van der Waals surface area (Å²) in [4.78, 5) is 14.8. The fraction of sp³-hybridized carbons (Fsp3) is 0.474. The predicted molar refractivity (Wildman–Crippen MR) is 97.4 cm³/mol. The molecule has 2 amide bonds. The number of rotatable bonds is 5. The number of carbonyl (C=O) groups excluding carboxylic acids is 1. The van der Waals surface area contributed by atoms with Gasteiger partial charge in [-0.3, -0.25) is 4.90 Å². The molecular formula is C19H26N4O2. The van der Waals surface area contributed by atoms with Crippen molar-refractivity contribution in [3.8, 4) is 0 Å². The first kappa shape index (κ1) is 17.5. The molecule has 3 rings (SSSR count). The second kappa shape index (κ2) is 7.70. The Hall–Kier alpha value is -2.34. The topological polar surface area (TPSA) is 70.4 Å². The zero-order valence-corrected chi connectivity index (χ0v) is 15.1. The number of aryl methyl sites for hydroxylation is 2. The highest BCUT2D eigenvalue weighted by atomic mass is 16.5. The van der Waals surface area contributed by atoms with Crippen LogP contribution in [-0.2, 0) is 13.0 Å². The van der Waals surface area contributed by atoms with E-state index in [-0.39, 0.29) is 12.1 Å². The number of hydrogen-bond acceptors (Lipinski definition) is 4. The highest BCUT2D eigenvalue weighted by Gasteiger charge is 2.31. The number of nitrogens with zero attached hydrogens (tertiary/aromatic N) is 2. The van der Waals surface area contributed by atoms with Gasteiger partial charge in [0, 0.05) is 25.7 Å². The average Bonchev–Trinajstić information content (AvgIpc) is 3.11. The average molecular weight is 342 g/mol. The number of anilines is 1. The second-order valence-electron chi connectivity index (χ2n) is 6.78. The quantitative estimate of drug-likeness (QED) is 0.875. The zero-order chi connectivity index (χ0) is 17.8. The Bertz CT molecular complexity index is 713. The van der Waals surface area contributed by atoms with Crippen LogP contribution in [0.15, 0.2) is 34.9 Å². The summed E-state index contributed by atoms with van der Waals surface area (Å²) in [5.41, 5.74) is 2.76. The minimum Gasteiger partial charge on any atom is -0.359 e. The summed E-state index contributed by atoms with van der Waals surface area (Å²) in [5.74, 6) is 1.04. The molecule has 0 bridgehead atoms. The highest BCUT2D eigenvalue weighted by Crippen LogP contribution is 2.22. The second-order valence-corrected chi connectivity index (χ2v) is 6.78. The van der Waals surface area contributed by atoms with Gasteiger partial charge in [0.05, 0.1) is 0 Å². The Morgan fingerprint density at radius 2 is 2.08 bits per heavy atom. The summed E-state index contributed by atoms with van der Waals surface area (Å²) >= 11 is 0. The third-order valence-electron chi connectivity index (χ3n) is 4.76. The Morgan fingerprint density at radius 3 is 2.80 bits per heavy atom. The number of aromatic nitrogens is 1. The Morgan fingerprint density at radius 1 is 1.32 bits per heavy atom. The molecule has 0 spiro atoms. The van der Waals surface area contributed by atoms with E-state index in [1.165, 1.54) is 5.56 Å². The molecule has 0 aliphatic carbocycles. The Kier molecular flexibility index (Phi) is 5.38. The minimum absolute atomic E-state index is 0.133. The van der Waals surface area contributed by atoms with Crippen molar-refractivity contribution >= 4 is 11.7 Å². The molecule has 2 atom stereocenters. The molecule has 0 unspecified atom stereocenters. The first-order valence-electron chi connectivity index (χ1n) is 8.85. The van der Waals surface area contributed by atoms with Gasteiger partial charge in [-0.15, -0.1) is 0 Å². The molecule has 0 saturated carbocycles. The number of carbonyl (C=O) groups is 1. The lowest BCUT2D eigenvalue weighted by atomic mass is 10.1. The minimum atomic E-state index is -0.195. The number of amides is 2. The van der Waals surface area contributed by atoms with Gasteiger partial charge >= 0.3 is 6.03 Å². The van der Waals surface area contributed by atoms with Gasteiger partial charge < -0.3 is 15.2 Å². The maximum absolute atomic E-state index is 12.4. The van der Waals surface area contributed by atoms with E-state index in [1.54, 1.807) is 0 Å². The first-order valence-corrected chi connectivity index (χ1v) is 8.85. The number of urea groups is 1. The van der Waals surface area contributed by atoms with Crippen LogP contribution in [0.2, 0.25) is 0 Å². The van der Waals surface area contributed by atoms with Gasteiger partial charge in [-0.25, -0.2) is 4.79 Å². The SMILES string of the molecule is CCc1noc(C)c1NC(=O)N[C@H]1CN(Cc2ccccc2)C[C@@H]1C. The van der Waals surface area contributed by atoms with Gasteiger partial charge in [0.25, 0.3) is 0 Å². The van der Waals surface area contributed by atoms with Crippen molar-refractivity contribution in [1.29, 1.82) is 0 Å². The van der Waals surface area contributed by atoms with Crippen molar-refractivity contribution < 1.29 is 9.32 Å². The van der Waals surface area contributed by atoms with Crippen molar-refractivity contribution in [2.75, 3.05) is 18.4 Å². The molecule has 134 valence electrons. The number of likely N-dealkylation sites (tertiary alicyclic amines) is 1. The van der Waals surface area contributed by atoms with Crippen molar-refractivity contribution in [2.45, 2.75) is 39.8 Å². The summed E-state index contributed by atoms with van der Waals surface area (Å²) in [5, 5.41) is 9.96. The van der Waals surface area contributed by atoms with Crippen molar-refractivity contribution in [3.05, 3.63) is 47.3 Å². The monoisotopic (exact) mass is 342 g/mol. The zero-order valence-electron chi connectivity index (χ0n) is 15.1. The van der Waals surface area contributed by atoms with Crippen molar-refractivity contribution in [1.82, 2.24) is 15.4 Å². The number of hydrogen-bond donors (Lipinski definition) is 2. The largest absolute Gasteiger partial charge is 0.359 e. The van der Waals surface area contributed by atoms with E-state index in [0.29, 0.717) is 17.4 Å². The lowest BCUT2D eigenvalue weighted by Gasteiger charge is -2.18. The third-order valence-corrected chi connectivity index (χ3v) is 4.76. The molecule has 6 heteroatoms. The summed E-state index contributed by atoms with van der Waals surface area (Å²) in [6.45, 7) is 8.72. The molecule has 1 aliphatic heterocycles. The fourth-order valence-electron chi connectivity index (χ4n) is 3.36. The molecule has 1 aromatic heterocycles. The van der Waals surface area contributed by atoms with Gasteiger partial charge in [0.2, 0.25) is 0 Å². The lowest BCUT2D eigenvalue weighted by molar-refractivity contribution is 0.246. The van der Waals surface area contributed by atoms with Crippen LogP contribution in [0.5, 0.6) is 0 Å². The van der Waals surface area contributed by atoms with Crippen LogP contribution in [0.3, 0.4) is 0 Å². The number of nitrogens with one attached hydrogen (secondary N) is 2. The molecule has 6 nitrogen and oxygen atoms in total. The van der Waals surface area contributed by atoms with E-state index < -0.39 is 0 Å². The van der Waals surface area contributed by atoms with E-state index in [4.69, 9.17) is 4.52 Å². The van der Waals surface area contributed by atoms with Gasteiger partial charge in [0.1, 0.15) is 11.4 Å². The van der Waals surface area contributed by atoms with Crippen LogP contribution in [0, 0.1) is 12.8 Å². The van der Waals surface area contributed by atoms with Crippen LogP contribution in [-0.4, -0.2) is 35.2 Å². The molecule has 1 aromatic carbocycles. The van der Waals surface area contributed by atoms with Crippen molar-refractivity contribution in [3.63, 3.8) is 0 Å². The van der Waals surface area contributed by atoms with Gasteiger partial charge in [-0.05, 0) is 24.8 Å². The Labute approximate surface area is 148 Å². The Balaban J connectivity index is 1.55. The fourth-order valence-corrected chi connectivity index (χ4v) is 3.36. The normalized spacial score (nSPS) is 20.6. The molecule has 1 aliphatic rings. The standard InChI is InChI=1S/C19H26N4O2/c1-4-16-18(14(3)25-22-16)21-19(24)20-17-12-23(10-13(17)2)11-15-8-6-5-7-9-15/h5-9,13,17H,4,10-12H2,1-3H3,(H2,20,21,24)/t13-,17-/m0/s1. The molecule has 0 radical (unpaired) electrons. The summed E-state index contributed by atoms with van der Waals surface area (Å²) in [6.07, 6.45) is 0.720. The summed E-state index contributed by atoms with van der Waals surface area (Å²) in [7, 11) is 0. The van der Waals surface area contributed by atoms with E-state index in [0.717, 1.165) is 31.7 Å². The van der Waals surface area contributed by atoms with Crippen LogP contribution in [0.25, 0.3) is 0 Å². The summed E-state index contributed by atoms with van der Waals surface area (Å²) < 4.78 is 5.16. The molecule has 2 heterocycles. The molecule has 25 heavy (non-hydrogen) atoms. The van der Waals surface area contributed by atoms with E-state index in [9.17, 15) is 4.79 Å². The van der Waals surface area contributed by atoms with Crippen LogP contribution in [0.4, 0.5) is 10.5 Å². The molecule has 2 N–H and O–H groups in total. The molecular weight excluding hydrogens is 316 g/mol. The maximum atomic E-state index is 12.4. The lowest BCUT2D eigenvalue weighted by Crippen LogP contribution is -2.42. The van der Waals surface area contributed by atoms with Gasteiger partial charge in [-0.1, -0.05) is 49.3 Å². The van der Waals surface area contributed by atoms with Gasteiger partial charge in [0.15, 0.2) is 5.76 Å². The smallest absolute Gasteiger partial charge is 0.319 e. The van der Waals surface area contributed by atoms with Crippen LogP contribution < -0.4 is 10.6 Å². The highest BCUT2D eigenvalue weighted by molar-refractivity contribution is 5.90. The number of benzene rings is 1. The summed E-state index contributed by atoms with van der Waals surface area (Å²) in [6, 6.07) is 10.4. The van der Waals surface area contributed by atoms with Crippen molar-refractivity contribution in [2.24, 2.45) is 5.92 Å². The third kappa shape index (κ3) is 4.20. The van der Waals surface area contributed by atoms with E-state index >= 15 is 0 Å². The van der Waals surface area contributed by atoms with Crippen LogP contribution >= 0.6 is 0 Å². The van der Waals surface area contributed by atoms with Gasteiger partial charge in [-0.2, -0.15) is 0 Å². The first-order chi connectivity index (χ1) is 12.1. The van der Waals surface area contributed by atoms with E-state index in [1.807, 2.05) is 19.9 Å². The maximum Gasteiger partial charge on any atom is 0.319 e. The van der Waals surface area contributed by atoms with E-state index in [2.05, 4.69) is 51.9 Å². The molecule has 2 aromatic rings. The molecule has 1 saturated heterocycles.